The maximum Gasteiger partial charge on any atom is 0.125 e. The van der Waals surface area contributed by atoms with Crippen LogP contribution in [0.25, 0.3) is 0 Å². The highest BCUT2D eigenvalue weighted by Crippen LogP contribution is 2.21. The standard InChI is InChI=1S/C17H25N5/c1-13-16(14(2)21(3)20-13)12-22-9-7-15(11-22)10-19-17-6-4-5-8-18-17/h4-6,8,15H,7,9-12H2,1-3H3,(H,18,19)/t15-/m0/s1. The molecule has 0 radical (unpaired) electrons. The summed E-state index contributed by atoms with van der Waals surface area (Å²) in [7, 11) is 2.02. The van der Waals surface area contributed by atoms with Crippen molar-refractivity contribution in [3.63, 3.8) is 0 Å². The van der Waals surface area contributed by atoms with Crippen molar-refractivity contribution in [2.45, 2.75) is 26.8 Å². The minimum atomic E-state index is 0.694. The number of nitrogens with one attached hydrogen (secondary N) is 1. The normalized spacial score (nSPS) is 18.8. The van der Waals surface area contributed by atoms with Crippen LogP contribution in [0, 0.1) is 19.8 Å². The zero-order chi connectivity index (χ0) is 15.5. The zero-order valence-corrected chi connectivity index (χ0v) is 13.7. The highest BCUT2D eigenvalue weighted by Gasteiger charge is 2.24. The molecule has 2 aromatic heterocycles. The molecule has 1 aliphatic heterocycles. The Labute approximate surface area is 132 Å². The molecule has 118 valence electrons. The van der Waals surface area contributed by atoms with Gasteiger partial charge in [0, 0.05) is 44.1 Å². The number of hydrogen-bond donors (Lipinski definition) is 1. The number of likely N-dealkylation sites (tertiary alicyclic amines) is 1. The number of aryl methyl sites for hydroxylation is 2. The topological polar surface area (TPSA) is 46.0 Å². The van der Waals surface area contributed by atoms with E-state index in [0.29, 0.717) is 5.92 Å². The Bertz CT molecular complexity index is 619. The van der Waals surface area contributed by atoms with Gasteiger partial charge in [-0.1, -0.05) is 6.07 Å². The van der Waals surface area contributed by atoms with Gasteiger partial charge in [0.2, 0.25) is 0 Å². The van der Waals surface area contributed by atoms with Crippen LogP contribution in [-0.2, 0) is 13.6 Å². The van der Waals surface area contributed by atoms with Gasteiger partial charge in [0.05, 0.1) is 5.69 Å². The van der Waals surface area contributed by atoms with E-state index in [1.54, 1.807) is 0 Å². The summed E-state index contributed by atoms with van der Waals surface area (Å²) in [5, 5.41) is 7.96. The van der Waals surface area contributed by atoms with Crippen molar-refractivity contribution < 1.29 is 0 Å². The van der Waals surface area contributed by atoms with E-state index in [0.717, 1.165) is 31.1 Å². The number of rotatable bonds is 5. The fourth-order valence-corrected chi connectivity index (χ4v) is 3.21. The summed E-state index contributed by atoms with van der Waals surface area (Å²) in [4.78, 5) is 6.86. The third-order valence-corrected chi connectivity index (χ3v) is 4.65. The van der Waals surface area contributed by atoms with Gasteiger partial charge < -0.3 is 5.32 Å². The van der Waals surface area contributed by atoms with Gasteiger partial charge in [0.25, 0.3) is 0 Å². The Morgan fingerprint density at radius 3 is 2.86 bits per heavy atom. The minimum absolute atomic E-state index is 0.694. The summed E-state index contributed by atoms with van der Waals surface area (Å²) < 4.78 is 1.99. The molecule has 5 nitrogen and oxygen atoms in total. The number of pyridine rings is 1. The number of aromatic nitrogens is 3. The SMILES string of the molecule is Cc1nn(C)c(C)c1CN1CC[C@@H](CNc2ccccn2)C1. The van der Waals surface area contributed by atoms with Crippen LogP contribution in [0.15, 0.2) is 24.4 Å². The Morgan fingerprint density at radius 1 is 1.32 bits per heavy atom. The monoisotopic (exact) mass is 299 g/mol. The van der Waals surface area contributed by atoms with Gasteiger partial charge in [-0.25, -0.2) is 4.98 Å². The quantitative estimate of drug-likeness (QED) is 0.920. The van der Waals surface area contributed by atoms with Crippen molar-refractivity contribution in [3.05, 3.63) is 41.3 Å². The maximum atomic E-state index is 4.52. The Balaban J connectivity index is 1.52. The number of anilines is 1. The molecule has 5 heteroatoms. The second-order valence-corrected chi connectivity index (χ2v) is 6.26. The Hall–Kier alpha value is -1.88. The summed E-state index contributed by atoms with van der Waals surface area (Å²) in [6, 6.07) is 5.99. The highest BCUT2D eigenvalue weighted by molar-refractivity contribution is 5.33. The van der Waals surface area contributed by atoms with Crippen LogP contribution < -0.4 is 5.32 Å². The van der Waals surface area contributed by atoms with E-state index in [9.17, 15) is 0 Å². The van der Waals surface area contributed by atoms with Crippen LogP contribution >= 0.6 is 0 Å². The molecule has 0 bridgehead atoms. The summed E-state index contributed by atoms with van der Waals surface area (Å²) in [6.45, 7) is 8.60. The van der Waals surface area contributed by atoms with Crippen LogP contribution in [0.3, 0.4) is 0 Å². The van der Waals surface area contributed by atoms with Crippen LogP contribution in [-0.4, -0.2) is 39.3 Å². The molecule has 1 saturated heterocycles. The first-order chi connectivity index (χ1) is 10.6. The van der Waals surface area contributed by atoms with Gasteiger partial charge in [-0.15, -0.1) is 0 Å². The van der Waals surface area contributed by atoms with Crippen molar-refractivity contribution in [2.75, 3.05) is 25.0 Å². The summed E-state index contributed by atoms with van der Waals surface area (Å²) in [6.07, 6.45) is 3.08. The summed E-state index contributed by atoms with van der Waals surface area (Å²) >= 11 is 0. The molecule has 2 aromatic rings. The van der Waals surface area contributed by atoms with Crippen LogP contribution in [0.1, 0.15) is 23.4 Å². The van der Waals surface area contributed by atoms with Gasteiger partial charge in [0.15, 0.2) is 0 Å². The molecule has 1 aliphatic rings. The van der Waals surface area contributed by atoms with Crippen LogP contribution in [0.5, 0.6) is 0 Å². The van der Waals surface area contributed by atoms with Gasteiger partial charge in [0.1, 0.15) is 5.82 Å². The lowest BCUT2D eigenvalue weighted by molar-refractivity contribution is 0.317. The molecule has 0 saturated carbocycles. The van der Waals surface area contributed by atoms with E-state index in [1.807, 2.05) is 36.1 Å². The van der Waals surface area contributed by atoms with Crippen molar-refractivity contribution in [1.29, 1.82) is 0 Å². The zero-order valence-electron chi connectivity index (χ0n) is 13.7. The van der Waals surface area contributed by atoms with E-state index in [1.165, 1.54) is 24.2 Å². The molecule has 22 heavy (non-hydrogen) atoms. The average molecular weight is 299 g/mol. The summed E-state index contributed by atoms with van der Waals surface area (Å²) in [5.74, 6) is 1.67. The lowest BCUT2D eigenvalue weighted by atomic mass is 10.1. The van der Waals surface area contributed by atoms with Crippen molar-refractivity contribution in [1.82, 2.24) is 19.7 Å². The lowest BCUT2D eigenvalue weighted by Gasteiger charge is -2.17. The lowest BCUT2D eigenvalue weighted by Crippen LogP contribution is -2.23. The molecule has 1 fully saturated rings. The van der Waals surface area contributed by atoms with E-state index < -0.39 is 0 Å². The third kappa shape index (κ3) is 3.30. The van der Waals surface area contributed by atoms with Crippen molar-refractivity contribution >= 4 is 5.82 Å². The van der Waals surface area contributed by atoms with Gasteiger partial charge in [-0.3, -0.25) is 9.58 Å². The first-order valence-corrected chi connectivity index (χ1v) is 8.00. The predicted molar refractivity (Wildman–Crippen MR) is 88.8 cm³/mol. The molecule has 3 heterocycles. The van der Waals surface area contributed by atoms with Gasteiger partial charge >= 0.3 is 0 Å². The van der Waals surface area contributed by atoms with Crippen LogP contribution in [0.2, 0.25) is 0 Å². The van der Waals surface area contributed by atoms with E-state index >= 15 is 0 Å². The molecule has 1 N–H and O–H groups in total. The number of nitrogens with zero attached hydrogens (tertiary/aromatic N) is 4. The van der Waals surface area contributed by atoms with Crippen molar-refractivity contribution in [2.24, 2.45) is 13.0 Å². The molecule has 0 amide bonds. The van der Waals surface area contributed by atoms with E-state index in [-0.39, 0.29) is 0 Å². The molecule has 0 unspecified atom stereocenters. The number of hydrogen-bond acceptors (Lipinski definition) is 4. The third-order valence-electron chi connectivity index (χ3n) is 4.65. The molecule has 3 rings (SSSR count). The van der Waals surface area contributed by atoms with Gasteiger partial charge in [-0.05, 0) is 44.9 Å². The van der Waals surface area contributed by atoms with Crippen LogP contribution in [0.4, 0.5) is 5.82 Å². The molecule has 1 atom stereocenters. The predicted octanol–water partition coefficient (Wildman–Crippen LogP) is 2.37. The van der Waals surface area contributed by atoms with E-state index in [2.05, 4.69) is 34.1 Å². The van der Waals surface area contributed by atoms with Gasteiger partial charge in [-0.2, -0.15) is 5.10 Å². The first-order valence-electron chi connectivity index (χ1n) is 8.00. The largest absolute Gasteiger partial charge is 0.370 e. The molecule has 0 aliphatic carbocycles. The molecular formula is C17H25N5. The fourth-order valence-electron chi connectivity index (χ4n) is 3.21. The molecular weight excluding hydrogens is 274 g/mol. The smallest absolute Gasteiger partial charge is 0.125 e. The second kappa shape index (κ2) is 6.48. The van der Waals surface area contributed by atoms with Crippen molar-refractivity contribution in [3.8, 4) is 0 Å². The Morgan fingerprint density at radius 2 is 2.18 bits per heavy atom. The second-order valence-electron chi connectivity index (χ2n) is 6.26. The highest BCUT2D eigenvalue weighted by atomic mass is 15.3. The average Bonchev–Trinajstić information content (AvgIpc) is 3.07. The molecule has 0 spiro atoms. The summed E-state index contributed by atoms with van der Waals surface area (Å²) in [5.41, 5.74) is 3.84. The Kier molecular flexibility index (Phi) is 4.43. The maximum absolute atomic E-state index is 4.52. The first kappa shape index (κ1) is 15.0. The minimum Gasteiger partial charge on any atom is -0.370 e. The fraction of sp³-hybridized carbons (Fsp3) is 0.529. The molecule has 0 aromatic carbocycles. The van der Waals surface area contributed by atoms with E-state index in [4.69, 9.17) is 0 Å².